The summed E-state index contributed by atoms with van der Waals surface area (Å²) < 4.78 is 40.3. The van der Waals surface area contributed by atoms with Crippen molar-refractivity contribution in [1.82, 2.24) is 9.78 Å². The van der Waals surface area contributed by atoms with Crippen molar-refractivity contribution in [3.63, 3.8) is 0 Å². The number of benzene rings is 2. The molecule has 0 saturated carbocycles. The molecule has 2 N–H and O–H groups in total. The Morgan fingerprint density at radius 2 is 1.83 bits per heavy atom. The summed E-state index contributed by atoms with van der Waals surface area (Å²) >= 11 is 0. The fraction of sp³-hybridized carbons (Fsp3) is 0. The maximum atomic E-state index is 13.3. The topological polar surface area (TPSA) is 60.9 Å². The van der Waals surface area contributed by atoms with E-state index in [0.29, 0.717) is 16.6 Å². The maximum Gasteiger partial charge on any atom is 0.340 e. The van der Waals surface area contributed by atoms with Gasteiger partial charge in [-0.2, -0.15) is 9.78 Å². The third-order valence-corrected chi connectivity index (χ3v) is 3.26. The standard InChI is InChI=1S/C16H10F3N3O/c17-10-3-4-11-14(21-22(16(20)23)15(11)8-10)6-2-9-1-5-12(18)13(19)7-9/h1-8H,(H2,20,23)/b6-2+. The van der Waals surface area contributed by atoms with Crippen molar-refractivity contribution in [2.24, 2.45) is 5.73 Å². The summed E-state index contributed by atoms with van der Waals surface area (Å²) in [6.07, 6.45) is 3.01. The molecule has 0 fully saturated rings. The first-order chi connectivity index (χ1) is 11.0. The molecule has 0 saturated heterocycles. The number of halogens is 3. The fourth-order valence-corrected chi connectivity index (χ4v) is 2.19. The minimum absolute atomic E-state index is 0.224. The molecule has 0 bridgehead atoms. The molecule has 0 radical (unpaired) electrons. The number of carbonyl (C=O) groups is 1. The number of nitrogens with two attached hydrogens (primary N) is 1. The molecule has 0 spiro atoms. The molecule has 0 aliphatic heterocycles. The van der Waals surface area contributed by atoms with Crippen LogP contribution in [0.4, 0.5) is 18.0 Å². The van der Waals surface area contributed by atoms with E-state index < -0.39 is 23.5 Å². The van der Waals surface area contributed by atoms with E-state index in [-0.39, 0.29) is 5.52 Å². The van der Waals surface area contributed by atoms with Gasteiger partial charge in [0.05, 0.1) is 11.2 Å². The van der Waals surface area contributed by atoms with E-state index in [0.717, 1.165) is 22.9 Å². The first-order valence-corrected chi connectivity index (χ1v) is 6.57. The predicted molar refractivity (Wildman–Crippen MR) is 80.0 cm³/mol. The molecule has 1 heterocycles. The smallest absolute Gasteiger partial charge is 0.340 e. The van der Waals surface area contributed by atoms with Crippen LogP contribution in [0.1, 0.15) is 11.3 Å². The van der Waals surface area contributed by atoms with Crippen molar-refractivity contribution in [3.8, 4) is 0 Å². The van der Waals surface area contributed by atoms with Crippen LogP contribution in [0.15, 0.2) is 36.4 Å². The third kappa shape index (κ3) is 2.80. The lowest BCUT2D eigenvalue weighted by Gasteiger charge is -1.95. The van der Waals surface area contributed by atoms with Gasteiger partial charge in [-0.15, -0.1) is 0 Å². The minimum Gasteiger partial charge on any atom is -0.350 e. The molecule has 23 heavy (non-hydrogen) atoms. The van der Waals surface area contributed by atoms with Gasteiger partial charge in [0.1, 0.15) is 5.82 Å². The average molecular weight is 317 g/mol. The summed E-state index contributed by atoms with van der Waals surface area (Å²) in [6.45, 7) is 0. The number of carbonyl (C=O) groups excluding carboxylic acids is 1. The van der Waals surface area contributed by atoms with Crippen LogP contribution in [0.5, 0.6) is 0 Å². The zero-order valence-corrected chi connectivity index (χ0v) is 11.6. The second-order valence-corrected chi connectivity index (χ2v) is 4.80. The van der Waals surface area contributed by atoms with Crippen LogP contribution in [0.25, 0.3) is 23.1 Å². The van der Waals surface area contributed by atoms with E-state index in [2.05, 4.69) is 5.10 Å². The van der Waals surface area contributed by atoms with Crippen molar-refractivity contribution in [2.45, 2.75) is 0 Å². The van der Waals surface area contributed by atoms with E-state index in [4.69, 9.17) is 5.73 Å². The van der Waals surface area contributed by atoms with Crippen LogP contribution in [0.2, 0.25) is 0 Å². The number of rotatable bonds is 2. The molecule has 0 aliphatic rings. The Balaban J connectivity index is 2.07. The van der Waals surface area contributed by atoms with E-state index in [1.54, 1.807) is 0 Å². The van der Waals surface area contributed by atoms with E-state index in [1.807, 2.05) is 0 Å². The molecule has 0 atom stereocenters. The molecule has 3 aromatic rings. The van der Waals surface area contributed by atoms with Gasteiger partial charge in [-0.25, -0.2) is 18.0 Å². The zero-order valence-electron chi connectivity index (χ0n) is 11.6. The van der Waals surface area contributed by atoms with Crippen LogP contribution < -0.4 is 5.73 Å². The van der Waals surface area contributed by atoms with Crippen LogP contribution in [-0.2, 0) is 0 Å². The van der Waals surface area contributed by atoms with Crippen molar-refractivity contribution in [1.29, 1.82) is 0 Å². The van der Waals surface area contributed by atoms with Crippen LogP contribution in [0.3, 0.4) is 0 Å². The first kappa shape index (κ1) is 14.8. The van der Waals surface area contributed by atoms with Gasteiger partial charge in [0.2, 0.25) is 0 Å². The highest BCUT2D eigenvalue weighted by molar-refractivity contribution is 5.95. The fourth-order valence-electron chi connectivity index (χ4n) is 2.19. The molecule has 0 aliphatic carbocycles. The predicted octanol–water partition coefficient (Wildman–Crippen LogP) is 3.55. The first-order valence-electron chi connectivity index (χ1n) is 6.57. The largest absolute Gasteiger partial charge is 0.350 e. The summed E-state index contributed by atoms with van der Waals surface area (Å²) in [7, 11) is 0. The summed E-state index contributed by atoms with van der Waals surface area (Å²) in [5.74, 6) is -2.45. The monoisotopic (exact) mass is 317 g/mol. The molecule has 1 amide bonds. The van der Waals surface area contributed by atoms with Gasteiger partial charge in [-0.3, -0.25) is 0 Å². The number of hydrogen-bond acceptors (Lipinski definition) is 2. The number of hydrogen-bond donors (Lipinski definition) is 1. The SMILES string of the molecule is NC(=O)n1nc(/C=C/c2ccc(F)c(F)c2)c2ccc(F)cc21. The Morgan fingerprint density at radius 1 is 1.04 bits per heavy atom. The van der Waals surface area contributed by atoms with Gasteiger partial charge in [0.25, 0.3) is 0 Å². The quantitative estimate of drug-likeness (QED) is 0.785. The Morgan fingerprint density at radius 3 is 2.52 bits per heavy atom. The second-order valence-electron chi connectivity index (χ2n) is 4.80. The van der Waals surface area contributed by atoms with E-state index in [9.17, 15) is 18.0 Å². The average Bonchev–Trinajstić information content (AvgIpc) is 2.86. The maximum absolute atomic E-state index is 13.3. The highest BCUT2D eigenvalue weighted by Gasteiger charge is 2.12. The number of nitrogens with zero attached hydrogens (tertiary/aromatic N) is 2. The molecular formula is C16H10F3N3O. The molecular weight excluding hydrogens is 307 g/mol. The summed E-state index contributed by atoms with van der Waals surface area (Å²) in [5.41, 5.74) is 6.20. The van der Waals surface area contributed by atoms with Gasteiger partial charge in [0.15, 0.2) is 11.6 Å². The van der Waals surface area contributed by atoms with E-state index in [1.165, 1.54) is 30.4 Å². The molecule has 0 unspecified atom stereocenters. The Hall–Kier alpha value is -3.09. The van der Waals surface area contributed by atoms with Gasteiger partial charge < -0.3 is 5.73 Å². The minimum atomic E-state index is -0.971. The van der Waals surface area contributed by atoms with Crippen LogP contribution >= 0.6 is 0 Å². The Labute approximate surface area is 128 Å². The molecule has 4 nitrogen and oxygen atoms in total. The lowest BCUT2D eigenvalue weighted by Crippen LogP contribution is -2.20. The van der Waals surface area contributed by atoms with Gasteiger partial charge in [-0.05, 0) is 35.9 Å². The lowest BCUT2D eigenvalue weighted by atomic mass is 10.1. The second kappa shape index (κ2) is 5.60. The summed E-state index contributed by atoms with van der Waals surface area (Å²) in [6, 6.07) is 6.40. The number of fused-ring (bicyclic) bond motifs is 1. The summed E-state index contributed by atoms with van der Waals surface area (Å²) in [4.78, 5) is 11.4. The summed E-state index contributed by atoms with van der Waals surface area (Å²) in [5, 5.41) is 4.51. The molecule has 1 aromatic heterocycles. The Kier molecular flexibility index (Phi) is 3.61. The molecule has 116 valence electrons. The normalized spacial score (nSPS) is 11.4. The van der Waals surface area contributed by atoms with Crippen molar-refractivity contribution in [2.75, 3.05) is 0 Å². The van der Waals surface area contributed by atoms with Crippen molar-refractivity contribution < 1.29 is 18.0 Å². The molecule has 7 heteroatoms. The third-order valence-electron chi connectivity index (χ3n) is 3.26. The zero-order chi connectivity index (χ0) is 16.6. The number of primary amides is 1. The highest BCUT2D eigenvalue weighted by Crippen LogP contribution is 2.22. The van der Waals surface area contributed by atoms with Crippen molar-refractivity contribution >= 4 is 29.1 Å². The van der Waals surface area contributed by atoms with Crippen LogP contribution in [0, 0.1) is 17.5 Å². The van der Waals surface area contributed by atoms with Gasteiger partial charge >= 0.3 is 6.03 Å². The number of amides is 1. The number of aromatic nitrogens is 2. The lowest BCUT2D eigenvalue weighted by molar-refractivity contribution is 0.248. The highest BCUT2D eigenvalue weighted by atomic mass is 19.2. The van der Waals surface area contributed by atoms with Gasteiger partial charge in [-0.1, -0.05) is 12.1 Å². The van der Waals surface area contributed by atoms with E-state index >= 15 is 0 Å². The van der Waals surface area contributed by atoms with Gasteiger partial charge in [0, 0.05) is 11.5 Å². The van der Waals surface area contributed by atoms with Crippen molar-refractivity contribution in [3.05, 3.63) is 65.1 Å². The molecule has 3 rings (SSSR count). The Bertz CT molecular complexity index is 947. The van der Waals surface area contributed by atoms with Crippen LogP contribution in [-0.4, -0.2) is 15.8 Å². The molecule has 2 aromatic carbocycles.